The third-order valence-corrected chi connectivity index (χ3v) is 3.81. The highest BCUT2D eigenvalue weighted by Gasteiger charge is 2.30. The Kier molecular flexibility index (Phi) is 3.10. The van der Waals surface area contributed by atoms with E-state index in [1.807, 2.05) is 6.07 Å². The summed E-state index contributed by atoms with van der Waals surface area (Å²) in [6.07, 6.45) is 0.845. The molecule has 0 radical (unpaired) electrons. The molecule has 1 aliphatic rings. The summed E-state index contributed by atoms with van der Waals surface area (Å²) < 4.78 is 0. The second kappa shape index (κ2) is 4.24. The molecule has 0 aliphatic heterocycles. The first-order valence-electron chi connectivity index (χ1n) is 4.96. The van der Waals surface area contributed by atoms with Crippen molar-refractivity contribution in [3.8, 4) is 0 Å². The number of nitrogens with two attached hydrogens (primary N) is 1. The van der Waals surface area contributed by atoms with Gasteiger partial charge in [0.05, 0.1) is 16.0 Å². The smallest absolute Gasteiger partial charge is 0.306 e. The number of carboxylic acids is 1. The lowest BCUT2D eigenvalue weighted by Crippen LogP contribution is -2.29. The zero-order valence-corrected chi connectivity index (χ0v) is 9.92. The van der Waals surface area contributed by atoms with Crippen LogP contribution in [0.1, 0.15) is 23.6 Å². The number of aliphatic carboxylic acids is 1. The summed E-state index contributed by atoms with van der Waals surface area (Å²) in [6, 6.07) is 3.25. The van der Waals surface area contributed by atoms with E-state index >= 15 is 0 Å². The first-order chi connectivity index (χ1) is 7.50. The number of carboxylic acid groups (broad SMARTS) is 1. The maximum atomic E-state index is 11.0. The highest BCUT2D eigenvalue weighted by atomic mass is 35.5. The van der Waals surface area contributed by atoms with Gasteiger partial charge in [-0.25, -0.2) is 0 Å². The van der Waals surface area contributed by atoms with Gasteiger partial charge in [0.2, 0.25) is 0 Å². The second-order valence-electron chi connectivity index (χ2n) is 4.01. The lowest BCUT2D eigenvalue weighted by atomic mass is 9.81. The highest BCUT2D eigenvalue weighted by molar-refractivity contribution is 6.42. The molecule has 0 aromatic heterocycles. The summed E-state index contributed by atoms with van der Waals surface area (Å²) in [5.74, 6) is -1.31. The average molecular weight is 260 g/mol. The molecule has 86 valence electrons. The minimum Gasteiger partial charge on any atom is -0.481 e. The van der Waals surface area contributed by atoms with Crippen molar-refractivity contribution in [1.82, 2.24) is 0 Å². The topological polar surface area (TPSA) is 63.3 Å². The van der Waals surface area contributed by atoms with Gasteiger partial charge >= 0.3 is 5.97 Å². The Hall–Kier alpha value is -0.770. The summed E-state index contributed by atoms with van der Waals surface area (Å²) in [5.41, 5.74) is 7.62. The number of hydrogen-bond acceptors (Lipinski definition) is 2. The van der Waals surface area contributed by atoms with Crippen molar-refractivity contribution >= 4 is 29.2 Å². The van der Waals surface area contributed by atoms with Gasteiger partial charge in [-0.1, -0.05) is 29.3 Å². The Labute approximate surface area is 103 Å². The van der Waals surface area contributed by atoms with Gasteiger partial charge in [-0.05, 0) is 30.0 Å². The normalized spacial score (nSPS) is 23.9. The number of rotatable bonds is 1. The number of carbonyl (C=O) groups is 1. The first-order valence-corrected chi connectivity index (χ1v) is 5.71. The quantitative estimate of drug-likeness (QED) is 0.815. The Morgan fingerprint density at radius 1 is 1.44 bits per heavy atom. The number of benzene rings is 1. The third kappa shape index (κ3) is 1.90. The predicted octanol–water partition coefficient (Wildman–Crippen LogP) is 2.64. The van der Waals surface area contributed by atoms with Gasteiger partial charge < -0.3 is 10.8 Å². The molecule has 3 N–H and O–H groups in total. The SMILES string of the molecule is N[C@H]1C[C@H](C(=O)O)Cc2c1ccc(Cl)c2Cl. The van der Waals surface area contributed by atoms with Crippen LogP contribution in [-0.2, 0) is 11.2 Å². The summed E-state index contributed by atoms with van der Waals surface area (Å²) >= 11 is 12.0. The van der Waals surface area contributed by atoms with Crippen molar-refractivity contribution < 1.29 is 9.90 Å². The standard InChI is InChI=1S/C11H11Cl2NO2/c12-8-2-1-6-7(10(8)13)3-5(11(15)16)4-9(6)14/h1-2,5,9H,3-4,14H2,(H,15,16)/t5-,9+/m1/s1. The van der Waals surface area contributed by atoms with E-state index in [0.717, 1.165) is 11.1 Å². The molecule has 0 saturated carbocycles. The molecule has 0 bridgehead atoms. The van der Waals surface area contributed by atoms with E-state index in [2.05, 4.69) is 0 Å². The highest BCUT2D eigenvalue weighted by Crippen LogP contribution is 2.38. The van der Waals surface area contributed by atoms with Gasteiger partial charge in [0.1, 0.15) is 0 Å². The van der Waals surface area contributed by atoms with E-state index in [0.29, 0.717) is 22.9 Å². The molecule has 0 heterocycles. The molecule has 0 saturated heterocycles. The Balaban J connectivity index is 2.47. The van der Waals surface area contributed by atoms with Gasteiger partial charge in [-0.15, -0.1) is 0 Å². The Morgan fingerprint density at radius 2 is 2.12 bits per heavy atom. The van der Waals surface area contributed by atoms with Crippen molar-refractivity contribution in [2.45, 2.75) is 18.9 Å². The Morgan fingerprint density at radius 3 is 2.75 bits per heavy atom. The van der Waals surface area contributed by atoms with E-state index < -0.39 is 11.9 Å². The number of hydrogen-bond donors (Lipinski definition) is 2. The van der Waals surface area contributed by atoms with Crippen molar-refractivity contribution in [2.24, 2.45) is 11.7 Å². The molecular formula is C11H11Cl2NO2. The second-order valence-corrected chi connectivity index (χ2v) is 4.80. The minimum absolute atomic E-state index is 0.278. The molecule has 0 unspecified atom stereocenters. The molecule has 16 heavy (non-hydrogen) atoms. The van der Waals surface area contributed by atoms with Crippen LogP contribution < -0.4 is 5.73 Å². The fourth-order valence-corrected chi connectivity index (χ4v) is 2.54. The molecule has 1 aromatic rings. The molecule has 1 aliphatic carbocycles. The lowest BCUT2D eigenvalue weighted by molar-refractivity contribution is -0.142. The summed E-state index contributed by atoms with van der Waals surface area (Å²) in [5, 5.41) is 9.88. The van der Waals surface area contributed by atoms with Gasteiger partial charge in [-0.3, -0.25) is 4.79 Å². The van der Waals surface area contributed by atoms with Crippen molar-refractivity contribution in [1.29, 1.82) is 0 Å². The minimum atomic E-state index is -0.836. The van der Waals surface area contributed by atoms with Crippen LogP contribution in [0.25, 0.3) is 0 Å². The monoisotopic (exact) mass is 259 g/mol. The van der Waals surface area contributed by atoms with Crippen molar-refractivity contribution in [2.75, 3.05) is 0 Å². The molecule has 0 amide bonds. The van der Waals surface area contributed by atoms with Crippen LogP contribution in [0.4, 0.5) is 0 Å². The molecule has 5 heteroatoms. The van der Waals surface area contributed by atoms with Gasteiger partial charge in [-0.2, -0.15) is 0 Å². The van der Waals surface area contributed by atoms with Crippen LogP contribution in [-0.4, -0.2) is 11.1 Å². The molecule has 1 aromatic carbocycles. The fourth-order valence-electron chi connectivity index (χ4n) is 2.11. The van der Waals surface area contributed by atoms with Gasteiger partial charge in [0.25, 0.3) is 0 Å². The lowest BCUT2D eigenvalue weighted by Gasteiger charge is -2.28. The zero-order valence-electron chi connectivity index (χ0n) is 8.41. The van der Waals surface area contributed by atoms with E-state index in [1.54, 1.807) is 6.07 Å². The van der Waals surface area contributed by atoms with Crippen LogP contribution in [0.3, 0.4) is 0 Å². The van der Waals surface area contributed by atoms with Crippen LogP contribution >= 0.6 is 23.2 Å². The zero-order chi connectivity index (χ0) is 11.9. The summed E-state index contributed by atoms with van der Waals surface area (Å²) in [7, 11) is 0. The van der Waals surface area contributed by atoms with E-state index in [9.17, 15) is 4.79 Å². The van der Waals surface area contributed by atoms with Crippen molar-refractivity contribution in [3.05, 3.63) is 33.3 Å². The van der Waals surface area contributed by atoms with E-state index in [4.69, 9.17) is 34.0 Å². The summed E-state index contributed by atoms with van der Waals surface area (Å²) in [6.45, 7) is 0. The van der Waals surface area contributed by atoms with Crippen LogP contribution in [0, 0.1) is 5.92 Å². The maximum Gasteiger partial charge on any atom is 0.306 e. The molecule has 0 fully saturated rings. The van der Waals surface area contributed by atoms with Gasteiger partial charge in [0, 0.05) is 6.04 Å². The van der Waals surface area contributed by atoms with Crippen molar-refractivity contribution in [3.63, 3.8) is 0 Å². The molecule has 2 rings (SSSR count). The van der Waals surface area contributed by atoms with Gasteiger partial charge in [0.15, 0.2) is 0 Å². The predicted molar refractivity (Wildman–Crippen MR) is 62.8 cm³/mol. The number of halogens is 2. The number of fused-ring (bicyclic) bond motifs is 1. The van der Waals surface area contributed by atoms with E-state index in [1.165, 1.54) is 0 Å². The van der Waals surface area contributed by atoms with Crippen LogP contribution in [0.15, 0.2) is 12.1 Å². The Bertz CT molecular complexity index is 448. The fraction of sp³-hybridized carbons (Fsp3) is 0.364. The molecule has 2 atom stereocenters. The van der Waals surface area contributed by atoms with E-state index in [-0.39, 0.29) is 6.04 Å². The molecule has 3 nitrogen and oxygen atoms in total. The van der Waals surface area contributed by atoms with Crippen LogP contribution in [0.5, 0.6) is 0 Å². The largest absolute Gasteiger partial charge is 0.481 e. The molecule has 0 spiro atoms. The average Bonchev–Trinajstić information content (AvgIpc) is 2.23. The summed E-state index contributed by atoms with van der Waals surface area (Å²) in [4.78, 5) is 11.0. The first kappa shape index (κ1) is 11.7. The maximum absolute atomic E-state index is 11.0. The third-order valence-electron chi connectivity index (χ3n) is 2.97. The van der Waals surface area contributed by atoms with Crippen LogP contribution in [0.2, 0.25) is 10.0 Å². The molecular weight excluding hydrogens is 249 g/mol.